The van der Waals surface area contributed by atoms with Crippen LogP contribution in [0.15, 0.2) is 12.1 Å². The molecule has 1 aromatic carbocycles. The molecule has 0 bridgehead atoms. The van der Waals surface area contributed by atoms with Gasteiger partial charge >= 0.3 is 5.97 Å². The van der Waals surface area contributed by atoms with Crippen LogP contribution in [0.2, 0.25) is 0 Å². The molecular formula is C23H34F2O2. The van der Waals surface area contributed by atoms with Crippen molar-refractivity contribution < 1.29 is 18.3 Å². The average molecular weight is 381 g/mol. The van der Waals surface area contributed by atoms with Gasteiger partial charge in [0, 0.05) is 0 Å². The number of hydrogen-bond donors (Lipinski definition) is 0. The van der Waals surface area contributed by atoms with Gasteiger partial charge in [-0.15, -0.1) is 0 Å². The first-order valence-electron chi connectivity index (χ1n) is 10.7. The van der Waals surface area contributed by atoms with Crippen LogP contribution in [-0.2, 0) is 11.2 Å². The fourth-order valence-corrected chi connectivity index (χ4v) is 3.94. The number of carbonyl (C=O) groups excluding carboxylic acids is 1. The fraction of sp³-hybridized carbons (Fsp3) is 0.696. The first-order valence-corrected chi connectivity index (χ1v) is 10.7. The van der Waals surface area contributed by atoms with Crippen molar-refractivity contribution in [2.45, 2.75) is 97.0 Å². The van der Waals surface area contributed by atoms with Crippen LogP contribution in [0.5, 0.6) is 0 Å². The Morgan fingerprint density at radius 1 is 0.963 bits per heavy atom. The van der Waals surface area contributed by atoms with Crippen molar-refractivity contribution in [3.05, 3.63) is 34.9 Å². The number of unbranched alkanes of at least 4 members (excludes halogenated alkanes) is 4. The van der Waals surface area contributed by atoms with Gasteiger partial charge in [-0.25, -0.2) is 13.6 Å². The number of carbonyl (C=O) groups is 1. The van der Waals surface area contributed by atoms with Crippen molar-refractivity contribution in [2.75, 3.05) is 0 Å². The van der Waals surface area contributed by atoms with E-state index in [1.807, 2.05) is 0 Å². The molecule has 0 aromatic heterocycles. The van der Waals surface area contributed by atoms with E-state index in [1.54, 1.807) is 0 Å². The lowest BCUT2D eigenvalue weighted by atomic mass is 9.84. The molecule has 0 unspecified atom stereocenters. The van der Waals surface area contributed by atoms with Crippen LogP contribution in [0.3, 0.4) is 0 Å². The molecule has 0 spiro atoms. The van der Waals surface area contributed by atoms with E-state index in [4.69, 9.17) is 4.74 Å². The molecule has 4 heteroatoms. The third-order valence-electron chi connectivity index (χ3n) is 5.72. The SMILES string of the molecule is CCCCCc1ccc(C(=O)OC2CCC(CCCCC)CC2)c(F)c1F. The number of ether oxygens (including phenoxy) is 1. The normalized spacial score (nSPS) is 19.9. The molecule has 2 rings (SSSR count). The predicted molar refractivity (Wildman–Crippen MR) is 105 cm³/mol. The topological polar surface area (TPSA) is 26.3 Å². The quantitative estimate of drug-likeness (QED) is 0.323. The molecule has 0 radical (unpaired) electrons. The zero-order chi connectivity index (χ0) is 19.6. The molecule has 1 saturated carbocycles. The molecule has 152 valence electrons. The van der Waals surface area contributed by atoms with Crippen LogP contribution >= 0.6 is 0 Å². The Labute approximate surface area is 162 Å². The molecular weight excluding hydrogens is 346 g/mol. The van der Waals surface area contributed by atoms with E-state index in [2.05, 4.69) is 13.8 Å². The van der Waals surface area contributed by atoms with Crippen LogP contribution in [-0.4, -0.2) is 12.1 Å². The summed E-state index contributed by atoms with van der Waals surface area (Å²) in [6.45, 7) is 4.27. The fourth-order valence-electron chi connectivity index (χ4n) is 3.94. The minimum absolute atomic E-state index is 0.174. The second-order valence-electron chi connectivity index (χ2n) is 7.90. The number of halogens is 2. The number of benzene rings is 1. The average Bonchev–Trinajstić information content (AvgIpc) is 2.67. The van der Waals surface area contributed by atoms with Gasteiger partial charge in [0.05, 0.1) is 5.56 Å². The van der Waals surface area contributed by atoms with Crippen LogP contribution in [0, 0.1) is 17.6 Å². The van der Waals surface area contributed by atoms with E-state index < -0.39 is 17.6 Å². The van der Waals surface area contributed by atoms with E-state index in [-0.39, 0.29) is 11.7 Å². The van der Waals surface area contributed by atoms with E-state index in [0.717, 1.165) is 44.9 Å². The molecule has 0 saturated heterocycles. The zero-order valence-electron chi connectivity index (χ0n) is 16.9. The van der Waals surface area contributed by atoms with Gasteiger partial charge < -0.3 is 4.74 Å². The Morgan fingerprint density at radius 2 is 1.63 bits per heavy atom. The summed E-state index contributed by atoms with van der Waals surface area (Å²) in [6.07, 6.45) is 11.9. The van der Waals surface area contributed by atoms with Gasteiger partial charge in [0.25, 0.3) is 0 Å². The molecule has 0 aliphatic heterocycles. The van der Waals surface area contributed by atoms with Crippen molar-refractivity contribution in [3.63, 3.8) is 0 Å². The maximum absolute atomic E-state index is 14.3. The molecule has 0 amide bonds. The van der Waals surface area contributed by atoms with Gasteiger partial charge in [0.1, 0.15) is 6.10 Å². The predicted octanol–water partition coefficient (Wildman–Crippen LogP) is 6.99. The van der Waals surface area contributed by atoms with Crippen molar-refractivity contribution in [1.82, 2.24) is 0 Å². The van der Waals surface area contributed by atoms with Crippen LogP contribution < -0.4 is 0 Å². The van der Waals surface area contributed by atoms with E-state index in [1.165, 1.54) is 37.8 Å². The van der Waals surface area contributed by atoms with Gasteiger partial charge in [-0.05, 0) is 56.1 Å². The lowest BCUT2D eigenvalue weighted by Crippen LogP contribution is -2.25. The number of rotatable bonds is 10. The molecule has 1 fully saturated rings. The third kappa shape index (κ3) is 6.58. The third-order valence-corrected chi connectivity index (χ3v) is 5.72. The summed E-state index contributed by atoms with van der Waals surface area (Å²) in [4.78, 5) is 12.3. The van der Waals surface area contributed by atoms with Crippen LogP contribution in [0.4, 0.5) is 8.78 Å². The van der Waals surface area contributed by atoms with Gasteiger partial charge in [-0.3, -0.25) is 0 Å². The molecule has 1 aromatic rings. The molecule has 2 nitrogen and oxygen atoms in total. The Hall–Kier alpha value is -1.45. The first kappa shape index (κ1) is 21.8. The van der Waals surface area contributed by atoms with E-state index in [0.29, 0.717) is 17.9 Å². The first-order chi connectivity index (χ1) is 13.1. The minimum atomic E-state index is -1.07. The lowest BCUT2D eigenvalue weighted by molar-refractivity contribution is 0.0155. The van der Waals surface area contributed by atoms with Crippen molar-refractivity contribution in [2.24, 2.45) is 5.92 Å². The smallest absolute Gasteiger partial charge is 0.341 e. The Bertz CT molecular complexity index is 592. The molecule has 27 heavy (non-hydrogen) atoms. The standard InChI is InChI=1S/C23H34F2O2/c1-3-5-7-9-17-11-14-19(15-12-17)27-23(26)20-16-13-18(10-8-6-4-2)21(24)22(20)25/h13,16-17,19H,3-12,14-15H2,1-2H3. The van der Waals surface area contributed by atoms with Gasteiger partial charge in [0.15, 0.2) is 11.6 Å². The van der Waals surface area contributed by atoms with Gasteiger partial charge in [-0.1, -0.05) is 58.4 Å². The van der Waals surface area contributed by atoms with E-state index in [9.17, 15) is 13.6 Å². The van der Waals surface area contributed by atoms with Gasteiger partial charge in [-0.2, -0.15) is 0 Å². The summed E-state index contributed by atoms with van der Waals surface area (Å²) in [5, 5.41) is 0. The molecule has 0 N–H and O–H groups in total. The minimum Gasteiger partial charge on any atom is -0.459 e. The number of aryl methyl sites for hydroxylation is 1. The Morgan fingerprint density at radius 3 is 2.30 bits per heavy atom. The summed E-state index contributed by atoms with van der Waals surface area (Å²) in [6, 6.07) is 2.90. The molecule has 1 aliphatic rings. The summed E-state index contributed by atoms with van der Waals surface area (Å²) in [5.74, 6) is -1.99. The van der Waals surface area contributed by atoms with Crippen LogP contribution in [0.25, 0.3) is 0 Å². The maximum Gasteiger partial charge on any atom is 0.341 e. The zero-order valence-corrected chi connectivity index (χ0v) is 16.9. The highest BCUT2D eigenvalue weighted by Gasteiger charge is 2.26. The van der Waals surface area contributed by atoms with Crippen molar-refractivity contribution in [1.29, 1.82) is 0 Å². The highest BCUT2D eigenvalue weighted by molar-refractivity contribution is 5.90. The summed E-state index contributed by atoms with van der Waals surface area (Å²) >= 11 is 0. The summed E-state index contributed by atoms with van der Waals surface area (Å²) < 4.78 is 34.1. The highest BCUT2D eigenvalue weighted by Crippen LogP contribution is 2.31. The van der Waals surface area contributed by atoms with Gasteiger partial charge in [0.2, 0.25) is 0 Å². The monoisotopic (exact) mass is 380 g/mol. The van der Waals surface area contributed by atoms with Crippen molar-refractivity contribution in [3.8, 4) is 0 Å². The molecule has 1 aliphatic carbocycles. The molecule has 0 atom stereocenters. The van der Waals surface area contributed by atoms with E-state index >= 15 is 0 Å². The maximum atomic E-state index is 14.3. The lowest BCUT2D eigenvalue weighted by Gasteiger charge is -2.28. The largest absolute Gasteiger partial charge is 0.459 e. The molecule has 0 heterocycles. The number of esters is 1. The highest BCUT2D eigenvalue weighted by atomic mass is 19.2. The number of hydrogen-bond acceptors (Lipinski definition) is 2. The Kier molecular flexibility index (Phi) is 9.23. The Balaban J connectivity index is 1.86. The second kappa shape index (κ2) is 11.4. The summed E-state index contributed by atoms with van der Waals surface area (Å²) in [5.41, 5.74) is 0.0573. The second-order valence-corrected chi connectivity index (χ2v) is 7.90. The summed E-state index contributed by atoms with van der Waals surface area (Å²) in [7, 11) is 0. The van der Waals surface area contributed by atoms with Crippen molar-refractivity contribution >= 4 is 5.97 Å². The van der Waals surface area contributed by atoms with Crippen LogP contribution in [0.1, 0.15) is 100 Å².